The Morgan fingerprint density at radius 2 is 1.95 bits per heavy atom. The number of pyridine rings is 1. The van der Waals surface area contributed by atoms with E-state index in [4.69, 9.17) is 0 Å². The Morgan fingerprint density at radius 3 is 2.43 bits per heavy atom. The van der Waals surface area contributed by atoms with E-state index in [9.17, 15) is 14.7 Å². The van der Waals surface area contributed by atoms with E-state index in [2.05, 4.69) is 10.3 Å². The van der Waals surface area contributed by atoms with Crippen molar-refractivity contribution in [1.29, 1.82) is 0 Å². The number of hydrogen-bond acceptors (Lipinski definition) is 3. The predicted molar refractivity (Wildman–Crippen MR) is 79.7 cm³/mol. The van der Waals surface area contributed by atoms with Gasteiger partial charge in [0, 0.05) is 25.5 Å². The van der Waals surface area contributed by atoms with Crippen LogP contribution in [0.15, 0.2) is 24.5 Å². The molecule has 2 amide bonds. The van der Waals surface area contributed by atoms with Gasteiger partial charge in [-0.3, -0.25) is 4.98 Å². The number of carbonyl (C=O) groups excluding carboxylic acids is 1. The lowest BCUT2D eigenvalue weighted by Crippen LogP contribution is -2.50. The molecule has 6 heteroatoms. The van der Waals surface area contributed by atoms with Crippen molar-refractivity contribution in [3.05, 3.63) is 30.1 Å². The molecule has 2 N–H and O–H groups in total. The zero-order valence-corrected chi connectivity index (χ0v) is 12.7. The molecular weight excluding hydrogens is 270 g/mol. The Labute approximate surface area is 125 Å². The van der Waals surface area contributed by atoms with Crippen molar-refractivity contribution in [2.45, 2.75) is 39.8 Å². The number of aromatic nitrogens is 1. The highest BCUT2D eigenvalue weighted by atomic mass is 16.4. The molecule has 0 fully saturated rings. The van der Waals surface area contributed by atoms with Crippen molar-refractivity contribution < 1.29 is 14.7 Å². The molecule has 2 atom stereocenters. The molecule has 1 heterocycles. The molecule has 1 aromatic heterocycles. The highest BCUT2D eigenvalue weighted by Crippen LogP contribution is 2.10. The zero-order chi connectivity index (χ0) is 15.8. The third kappa shape index (κ3) is 5.06. The maximum atomic E-state index is 12.2. The van der Waals surface area contributed by atoms with Crippen LogP contribution in [0.25, 0.3) is 0 Å². The van der Waals surface area contributed by atoms with Crippen LogP contribution in [0.1, 0.15) is 32.8 Å². The SMILES string of the molecule is CCC(C)C(NC(=O)N(CC)Cc1ccncc1)C(=O)O. The van der Waals surface area contributed by atoms with Crippen molar-refractivity contribution in [2.24, 2.45) is 5.92 Å². The normalized spacial score (nSPS) is 13.3. The van der Waals surface area contributed by atoms with E-state index in [1.54, 1.807) is 17.3 Å². The minimum absolute atomic E-state index is 0.119. The standard InChI is InChI=1S/C15H23N3O3/c1-4-11(3)13(14(19)20)17-15(21)18(5-2)10-12-6-8-16-9-7-12/h6-9,11,13H,4-5,10H2,1-3H3,(H,17,21)(H,19,20). The quantitative estimate of drug-likeness (QED) is 0.806. The Balaban J connectivity index is 2.72. The predicted octanol–water partition coefficient (Wildman–Crippen LogP) is 2.11. The summed E-state index contributed by atoms with van der Waals surface area (Å²) >= 11 is 0. The summed E-state index contributed by atoms with van der Waals surface area (Å²) in [6.45, 7) is 6.51. The lowest BCUT2D eigenvalue weighted by atomic mass is 9.99. The van der Waals surface area contributed by atoms with Gasteiger partial charge in [0.05, 0.1) is 0 Å². The van der Waals surface area contributed by atoms with E-state index in [0.717, 1.165) is 5.56 Å². The lowest BCUT2D eigenvalue weighted by Gasteiger charge is -2.26. The summed E-state index contributed by atoms with van der Waals surface area (Å²) in [5.41, 5.74) is 0.956. The molecule has 0 radical (unpaired) electrons. The summed E-state index contributed by atoms with van der Waals surface area (Å²) in [5, 5.41) is 11.8. The maximum Gasteiger partial charge on any atom is 0.326 e. The number of carbonyl (C=O) groups is 2. The number of carboxylic acid groups (broad SMARTS) is 1. The Kier molecular flexibility index (Phi) is 6.65. The van der Waals surface area contributed by atoms with Crippen molar-refractivity contribution in [1.82, 2.24) is 15.2 Å². The first kappa shape index (κ1) is 16.9. The molecule has 6 nitrogen and oxygen atoms in total. The van der Waals surface area contributed by atoms with Gasteiger partial charge < -0.3 is 15.3 Å². The van der Waals surface area contributed by atoms with Crippen LogP contribution in [-0.2, 0) is 11.3 Å². The number of nitrogens with zero attached hydrogens (tertiary/aromatic N) is 2. The molecule has 0 aromatic carbocycles. The Bertz CT molecular complexity index is 464. The molecule has 0 aliphatic heterocycles. The van der Waals surface area contributed by atoms with Gasteiger partial charge in [0.1, 0.15) is 6.04 Å². The van der Waals surface area contributed by atoms with Gasteiger partial charge in [-0.2, -0.15) is 0 Å². The zero-order valence-electron chi connectivity index (χ0n) is 12.7. The summed E-state index contributed by atoms with van der Waals surface area (Å²) in [5.74, 6) is -1.12. The largest absolute Gasteiger partial charge is 0.480 e. The Hall–Kier alpha value is -2.11. The smallest absolute Gasteiger partial charge is 0.326 e. The van der Waals surface area contributed by atoms with Crippen molar-refractivity contribution in [3.8, 4) is 0 Å². The van der Waals surface area contributed by atoms with E-state index >= 15 is 0 Å². The second-order valence-corrected chi connectivity index (χ2v) is 5.02. The van der Waals surface area contributed by atoms with Crippen LogP contribution in [-0.4, -0.2) is 39.6 Å². The molecule has 0 aliphatic carbocycles. The molecule has 2 unspecified atom stereocenters. The van der Waals surface area contributed by atoms with Crippen molar-refractivity contribution in [2.75, 3.05) is 6.54 Å². The van der Waals surface area contributed by atoms with E-state index in [-0.39, 0.29) is 11.9 Å². The van der Waals surface area contributed by atoms with Crippen LogP contribution in [0.5, 0.6) is 0 Å². The van der Waals surface area contributed by atoms with Gasteiger partial charge in [0.25, 0.3) is 0 Å². The number of nitrogens with one attached hydrogen (secondary N) is 1. The summed E-state index contributed by atoms with van der Waals surface area (Å²) in [7, 11) is 0. The monoisotopic (exact) mass is 293 g/mol. The topological polar surface area (TPSA) is 82.5 Å². The van der Waals surface area contributed by atoms with E-state index < -0.39 is 12.0 Å². The van der Waals surface area contributed by atoms with Crippen LogP contribution in [0.3, 0.4) is 0 Å². The first-order valence-corrected chi connectivity index (χ1v) is 7.16. The number of urea groups is 1. The van der Waals surface area contributed by atoms with Gasteiger partial charge in [-0.05, 0) is 30.5 Å². The van der Waals surface area contributed by atoms with Crippen LogP contribution in [0, 0.1) is 5.92 Å². The second-order valence-electron chi connectivity index (χ2n) is 5.02. The summed E-state index contributed by atoms with van der Waals surface area (Å²) in [6.07, 6.45) is 4.02. The third-order valence-corrected chi connectivity index (χ3v) is 3.55. The molecule has 1 aromatic rings. The molecular formula is C15H23N3O3. The second kappa shape index (κ2) is 8.24. The molecule has 0 saturated heterocycles. The summed E-state index contributed by atoms with van der Waals surface area (Å²) < 4.78 is 0. The van der Waals surface area contributed by atoms with Gasteiger partial charge in [-0.15, -0.1) is 0 Å². The van der Waals surface area contributed by atoms with Crippen LogP contribution in [0.2, 0.25) is 0 Å². The average molecular weight is 293 g/mol. The highest BCUT2D eigenvalue weighted by molar-refractivity contribution is 5.82. The molecule has 0 spiro atoms. The summed E-state index contributed by atoms with van der Waals surface area (Å²) in [4.78, 5) is 29.0. The molecule has 1 rings (SSSR count). The number of aliphatic carboxylic acids is 1. The average Bonchev–Trinajstić information content (AvgIpc) is 2.49. The number of hydrogen-bond donors (Lipinski definition) is 2. The van der Waals surface area contributed by atoms with Crippen LogP contribution >= 0.6 is 0 Å². The first-order chi connectivity index (χ1) is 9.99. The Morgan fingerprint density at radius 1 is 1.33 bits per heavy atom. The molecule has 21 heavy (non-hydrogen) atoms. The number of rotatable bonds is 7. The lowest BCUT2D eigenvalue weighted by molar-refractivity contribution is -0.140. The molecule has 0 aliphatic rings. The fraction of sp³-hybridized carbons (Fsp3) is 0.533. The fourth-order valence-corrected chi connectivity index (χ4v) is 1.94. The van der Waals surface area contributed by atoms with Gasteiger partial charge in [0.15, 0.2) is 0 Å². The van der Waals surface area contributed by atoms with Gasteiger partial charge in [0.2, 0.25) is 0 Å². The maximum absolute atomic E-state index is 12.2. The van der Waals surface area contributed by atoms with Gasteiger partial charge in [-0.1, -0.05) is 20.3 Å². The van der Waals surface area contributed by atoms with Crippen molar-refractivity contribution in [3.63, 3.8) is 0 Å². The van der Waals surface area contributed by atoms with E-state index in [0.29, 0.717) is 19.5 Å². The van der Waals surface area contributed by atoms with E-state index in [1.165, 1.54) is 0 Å². The van der Waals surface area contributed by atoms with E-state index in [1.807, 2.05) is 32.9 Å². The molecule has 116 valence electrons. The summed E-state index contributed by atoms with van der Waals surface area (Å²) in [6, 6.07) is 2.44. The number of carboxylic acids is 1. The minimum atomic E-state index is -1.00. The fourth-order valence-electron chi connectivity index (χ4n) is 1.94. The van der Waals surface area contributed by atoms with Crippen molar-refractivity contribution >= 4 is 12.0 Å². The molecule has 0 saturated carbocycles. The highest BCUT2D eigenvalue weighted by Gasteiger charge is 2.27. The van der Waals surface area contributed by atoms with Crippen LogP contribution < -0.4 is 5.32 Å². The van der Waals surface area contributed by atoms with Gasteiger partial charge >= 0.3 is 12.0 Å². The van der Waals surface area contributed by atoms with Gasteiger partial charge in [-0.25, -0.2) is 9.59 Å². The third-order valence-electron chi connectivity index (χ3n) is 3.55. The number of amides is 2. The van der Waals surface area contributed by atoms with Crippen LogP contribution in [0.4, 0.5) is 4.79 Å². The first-order valence-electron chi connectivity index (χ1n) is 7.16. The molecule has 0 bridgehead atoms. The minimum Gasteiger partial charge on any atom is -0.480 e.